The second-order valence-corrected chi connectivity index (χ2v) is 15.9. The first-order valence-electron chi connectivity index (χ1n) is 20.7. The number of aromatic amines is 2. The van der Waals surface area contributed by atoms with Crippen molar-refractivity contribution < 1.29 is 24.1 Å². The Morgan fingerprint density at radius 3 is 1.74 bits per heavy atom. The number of carbonyl (C=O) groups is 2. The first-order valence-corrected chi connectivity index (χ1v) is 20.7. The maximum atomic E-state index is 14.1. The molecule has 7 rings (SSSR count). The third-order valence-corrected chi connectivity index (χ3v) is 11.1. The minimum atomic E-state index is -0.756. The van der Waals surface area contributed by atoms with Gasteiger partial charge in [-0.05, 0) is 77.3 Å². The highest BCUT2D eigenvalue weighted by atomic mass is 17.2. The number of hydrogen-bond acceptors (Lipinski definition) is 9. The van der Waals surface area contributed by atoms with Gasteiger partial charge in [-0.2, -0.15) is 16.4 Å². The van der Waals surface area contributed by atoms with E-state index >= 15 is 0 Å². The molecule has 0 radical (unpaired) electrons. The van der Waals surface area contributed by atoms with Crippen LogP contribution in [0, 0.1) is 18.4 Å². The molecule has 0 aliphatic carbocycles. The molecule has 316 valence electrons. The molecule has 2 aliphatic heterocycles. The van der Waals surface area contributed by atoms with Gasteiger partial charge in [0.2, 0.25) is 18.2 Å². The van der Waals surface area contributed by atoms with E-state index in [0.29, 0.717) is 18.8 Å². The number of amides is 2. The van der Waals surface area contributed by atoms with E-state index in [9.17, 15) is 9.59 Å². The van der Waals surface area contributed by atoms with Gasteiger partial charge in [-0.3, -0.25) is 9.59 Å². The van der Waals surface area contributed by atoms with Crippen LogP contribution in [0.25, 0.3) is 38.6 Å². The fraction of sp³-hybridized carbons (Fsp3) is 0.370. The molecule has 61 heavy (non-hydrogen) atoms. The van der Waals surface area contributed by atoms with E-state index in [1.807, 2.05) is 68.1 Å². The van der Waals surface area contributed by atoms with Gasteiger partial charge in [0.25, 0.3) is 0 Å². The first-order chi connectivity index (χ1) is 29.6. The number of benzene rings is 3. The summed E-state index contributed by atoms with van der Waals surface area (Å²) in [5.74, 6) is 1.65. The lowest BCUT2D eigenvalue weighted by Crippen LogP contribution is -2.42. The maximum absolute atomic E-state index is 14.1. The number of carbonyl (C=O) groups excluding carboxylic acids is 2. The number of aliphatic imine (C=N–C) groups is 2. The lowest BCUT2D eigenvalue weighted by Gasteiger charge is -2.28. The zero-order valence-electron chi connectivity index (χ0n) is 35.1. The van der Waals surface area contributed by atoms with Crippen molar-refractivity contribution in [2.45, 2.75) is 77.5 Å². The average Bonchev–Trinajstić information content (AvgIpc) is 4.12. The van der Waals surface area contributed by atoms with E-state index in [4.69, 9.17) is 26.2 Å². The van der Waals surface area contributed by atoms with E-state index in [-0.39, 0.29) is 41.8 Å². The van der Waals surface area contributed by atoms with Crippen molar-refractivity contribution in [1.82, 2.24) is 35.2 Å². The number of hydrogen-bond donors (Lipinski definition) is 3. The van der Waals surface area contributed by atoms with Crippen LogP contribution in [0.2, 0.25) is 0 Å². The number of imidazole rings is 2. The second-order valence-electron chi connectivity index (χ2n) is 15.9. The molecule has 5 aromatic rings. The van der Waals surface area contributed by atoms with Gasteiger partial charge in [-0.15, -0.1) is 0 Å². The molecule has 0 spiro atoms. The summed E-state index contributed by atoms with van der Waals surface area (Å²) in [6, 6.07) is 23.9. The topological polar surface area (TPSA) is 167 Å². The van der Waals surface area contributed by atoms with Crippen LogP contribution in [0.1, 0.15) is 77.1 Å². The van der Waals surface area contributed by atoms with Gasteiger partial charge < -0.3 is 29.4 Å². The molecule has 3 N–H and O–H groups in total. The Balaban J connectivity index is 1.00. The molecule has 3 aromatic carbocycles. The molecule has 4 heterocycles. The fourth-order valence-corrected chi connectivity index (χ4v) is 7.96. The Bertz CT molecular complexity index is 2350. The van der Waals surface area contributed by atoms with Crippen molar-refractivity contribution in [3.05, 3.63) is 114 Å². The molecule has 4 atom stereocenters. The Hall–Kier alpha value is -6.79. The summed E-state index contributed by atoms with van der Waals surface area (Å²) >= 11 is 0. The van der Waals surface area contributed by atoms with Crippen LogP contribution >= 0.6 is 0 Å². The molecule has 0 unspecified atom stereocenters. The number of ether oxygens (including phenoxy) is 1. The third-order valence-electron chi connectivity index (χ3n) is 11.1. The highest BCUT2D eigenvalue weighted by Crippen LogP contribution is 2.35. The van der Waals surface area contributed by atoms with Crippen LogP contribution in [0.15, 0.2) is 101 Å². The highest BCUT2D eigenvalue weighted by molar-refractivity contribution is 5.87. The Morgan fingerprint density at radius 2 is 1.26 bits per heavy atom. The molecule has 15 nitrogen and oxygen atoms in total. The molecule has 2 aliphatic rings. The predicted octanol–water partition coefficient (Wildman–Crippen LogP) is 7.98. The molecule has 2 amide bonds. The number of aromatic nitrogens is 4. The molecule has 2 aromatic heterocycles. The summed E-state index contributed by atoms with van der Waals surface area (Å²) < 4.78 is 5.83. The molecule has 15 heteroatoms. The summed E-state index contributed by atoms with van der Waals surface area (Å²) in [4.78, 5) is 69.4. The van der Waals surface area contributed by atoms with Crippen molar-refractivity contribution in [2.75, 3.05) is 20.2 Å². The Kier molecular flexibility index (Phi) is 13.5. The van der Waals surface area contributed by atoms with Gasteiger partial charge in [-0.25, -0.2) is 20.0 Å². The monoisotopic (exact) mass is 824 g/mol. The zero-order valence-corrected chi connectivity index (χ0v) is 35.1. The van der Waals surface area contributed by atoms with Crippen LogP contribution in [-0.2, 0) is 19.4 Å². The second kappa shape index (κ2) is 19.5. The normalized spacial score (nSPS) is 17.8. The first kappa shape index (κ1) is 42.3. The summed E-state index contributed by atoms with van der Waals surface area (Å²) in [6.45, 7) is 16.4. The highest BCUT2D eigenvalue weighted by Gasteiger charge is 2.38. The van der Waals surface area contributed by atoms with E-state index in [0.717, 1.165) is 71.0 Å². The number of nitrogens with one attached hydrogen (secondary N) is 3. The molecule has 2 saturated heterocycles. The van der Waals surface area contributed by atoms with E-state index < -0.39 is 12.1 Å². The number of rotatable bonds is 14. The molecular weight excluding hydrogens is 773 g/mol. The van der Waals surface area contributed by atoms with Crippen LogP contribution in [-0.4, -0.2) is 86.3 Å². The van der Waals surface area contributed by atoms with Crippen molar-refractivity contribution >= 4 is 24.2 Å². The minimum Gasteiger partial charge on any atom is -0.422 e. The van der Waals surface area contributed by atoms with E-state index in [1.165, 1.54) is 13.5 Å². The SMILES string of the molecule is [C-]#[N+]NC(=N[C@H](C(=O)N1CCC[C@H]1c1ncc(-c2ccc(-c3ccc(-c4cnc([C@@H]5CCCN5C(=O)[C@@H](N=COOC)C(C)C)[nH]4)cc3)cc2)[nH]1)C(C)C)Oc1ccccc1. The average molecular weight is 825 g/mol. The van der Waals surface area contributed by atoms with Crippen LogP contribution < -0.4 is 10.2 Å². The predicted molar refractivity (Wildman–Crippen MR) is 232 cm³/mol. The van der Waals surface area contributed by atoms with Gasteiger partial charge in [0, 0.05) is 13.1 Å². The molecule has 0 saturated carbocycles. The van der Waals surface area contributed by atoms with Crippen molar-refractivity contribution in [3.8, 4) is 39.4 Å². The van der Waals surface area contributed by atoms with E-state index in [2.05, 4.69) is 83.8 Å². The van der Waals surface area contributed by atoms with Crippen LogP contribution in [0.3, 0.4) is 0 Å². The van der Waals surface area contributed by atoms with Gasteiger partial charge in [0.05, 0.1) is 43.0 Å². The zero-order chi connectivity index (χ0) is 42.9. The largest absolute Gasteiger partial charge is 0.422 e. The molecule has 0 bridgehead atoms. The number of para-hydroxylation sites is 1. The van der Waals surface area contributed by atoms with Gasteiger partial charge in [-0.1, -0.05) is 94.4 Å². The Morgan fingerprint density at radius 1 is 0.770 bits per heavy atom. The van der Waals surface area contributed by atoms with Gasteiger partial charge >= 0.3 is 6.02 Å². The number of amidine groups is 1. The number of H-pyrrole nitrogens is 2. The van der Waals surface area contributed by atoms with Crippen molar-refractivity contribution in [2.24, 2.45) is 21.8 Å². The Labute approximate surface area is 356 Å². The quantitative estimate of drug-likeness (QED) is 0.0333. The lowest BCUT2D eigenvalue weighted by molar-refractivity contribution is -0.188. The van der Waals surface area contributed by atoms with Gasteiger partial charge in [0.15, 0.2) is 0 Å². The number of nitrogens with zero attached hydrogens (tertiary/aromatic N) is 7. The maximum Gasteiger partial charge on any atom is 0.358 e. The fourth-order valence-electron chi connectivity index (χ4n) is 7.96. The summed E-state index contributed by atoms with van der Waals surface area (Å²) in [5.41, 5.74) is 8.33. The standard InChI is InChI=1S/C46H52N10O5/c1-29(2)40(50-28-60-59-6)44(57)55-24-10-14-38(55)42-48-26-36(51-42)33-20-16-31(17-21-33)32-18-22-34(23-19-32)37-27-49-43(52-37)39-15-11-25-56(39)45(58)41(30(3)4)53-46(54-47-5)61-35-12-8-7-9-13-35/h7-9,12-13,16-23,26-30,38-41H,10-11,14-15,24-25H2,1-4,6H3,(H,48,51)(H,49,52)(H,53,54)/t38-,39-,40-,41-/m0/s1. The smallest absolute Gasteiger partial charge is 0.358 e. The summed E-state index contributed by atoms with van der Waals surface area (Å²) in [7, 11) is 1.39. The molecule has 2 fully saturated rings. The third kappa shape index (κ3) is 9.82. The van der Waals surface area contributed by atoms with Crippen LogP contribution in [0.4, 0.5) is 0 Å². The summed E-state index contributed by atoms with van der Waals surface area (Å²) in [5, 5.41) is 0. The van der Waals surface area contributed by atoms with Crippen molar-refractivity contribution in [1.29, 1.82) is 0 Å². The van der Waals surface area contributed by atoms with E-state index in [1.54, 1.807) is 12.1 Å². The lowest BCUT2D eigenvalue weighted by atomic mass is 10.0. The van der Waals surface area contributed by atoms with Crippen molar-refractivity contribution in [3.63, 3.8) is 0 Å². The molecular formula is C46H52N10O5. The van der Waals surface area contributed by atoms with Gasteiger partial charge in [0.1, 0.15) is 29.5 Å². The van der Waals surface area contributed by atoms with Crippen LogP contribution in [0.5, 0.6) is 5.75 Å². The summed E-state index contributed by atoms with van der Waals surface area (Å²) in [6.07, 6.45) is 8.14. The minimum absolute atomic E-state index is 0.0139. The number of likely N-dealkylation sites (tertiary alicyclic amines) is 2.